The predicted octanol–water partition coefficient (Wildman–Crippen LogP) is 12.5. The molecule has 236 valence electrons. The number of nitrogens with zero attached hydrogens (tertiary/aromatic N) is 3. The van der Waals surface area contributed by atoms with Crippen LogP contribution in [0.1, 0.15) is 16.7 Å². The number of rotatable bonds is 8. The number of fused-ring (bicyclic) bond motifs is 1. The Kier molecular flexibility index (Phi) is 8.33. The van der Waals surface area contributed by atoms with Crippen LogP contribution < -0.4 is 4.90 Å². The van der Waals surface area contributed by atoms with Crippen molar-refractivity contribution >= 4 is 40.1 Å². The van der Waals surface area contributed by atoms with Gasteiger partial charge in [0.05, 0.1) is 22.8 Å². The number of anilines is 3. The maximum Gasteiger partial charge on any atom is 0.0991 e. The molecule has 0 saturated heterocycles. The van der Waals surface area contributed by atoms with Crippen molar-refractivity contribution in [2.75, 3.05) is 4.90 Å². The van der Waals surface area contributed by atoms with Crippen LogP contribution in [-0.2, 0) is 0 Å². The number of nitriles is 1. The average Bonchev–Trinajstić information content (AvgIpc) is 3.54. The van der Waals surface area contributed by atoms with Crippen molar-refractivity contribution in [3.05, 3.63) is 205 Å². The van der Waals surface area contributed by atoms with Crippen molar-refractivity contribution in [1.82, 2.24) is 4.57 Å². The molecule has 0 aliphatic rings. The smallest absolute Gasteiger partial charge is 0.0991 e. The summed E-state index contributed by atoms with van der Waals surface area (Å²) in [4.78, 5) is 2.20. The molecule has 1 aromatic heterocycles. The maximum atomic E-state index is 9.32. The minimum absolute atomic E-state index is 0.643. The molecule has 0 aliphatic carbocycles. The number of benzene rings is 7. The van der Waals surface area contributed by atoms with E-state index in [4.69, 9.17) is 0 Å². The van der Waals surface area contributed by atoms with Gasteiger partial charge in [-0.15, -0.1) is 0 Å². The molecular formula is C47H33N3. The zero-order valence-electron chi connectivity index (χ0n) is 27.4. The van der Waals surface area contributed by atoms with E-state index in [-0.39, 0.29) is 0 Å². The van der Waals surface area contributed by atoms with E-state index < -0.39 is 0 Å². The Hall–Kier alpha value is -6.89. The molecule has 0 spiro atoms. The highest BCUT2D eigenvalue weighted by Gasteiger charge is 2.21. The Bertz CT molecular complexity index is 2440. The summed E-state index contributed by atoms with van der Waals surface area (Å²) in [6.45, 7) is 0. The van der Waals surface area contributed by atoms with Crippen LogP contribution >= 0.6 is 0 Å². The van der Waals surface area contributed by atoms with Gasteiger partial charge in [-0.2, -0.15) is 5.26 Å². The van der Waals surface area contributed by atoms with Crippen LogP contribution in [0.3, 0.4) is 0 Å². The molecule has 0 aliphatic heterocycles. The summed E-state index contributed by atoms with van der Waals surface area (Å²) >= 11 is 0. The third-order valence-electron chi connectivity index (χ3n) is 9.01. The molecule has 7 aromatic carbocycles. The van der Waals surface area contributed by atoms with Crippen LogP contribution in [-0.4, -0.2) is 4.57 Å². The molecule has 3 heteroatoms. The summed E-state index contributed by atoms with van der Waals surface area (Å²) in [7, 11) is 0. The highest BCUT2D eigenvalue weighted by atomic mass is 15.1. The Morgan fingerprint density at radius 3 is 1.60 bits per heavy atom. The van der Waals surface area contributed by atoms with E-state index in [0.717, 1.165) is 39.4 Å². The van der Waals surface area contributed by atoms with Crippen LogP contribution in [0.2, 0.25) is 0 Å². The lowest BCUT2D eigenvalue weighted by Gasteiger charge is -2.25. The van der Waals surface area contributed by atoms with Gasteiger partial charge in [-0.1, -0.05) is 133 Å². The normalized spacial score (nSPS) is 11.1. The van der Waals surface area contributed by atoms with Gasteiger partial charge in [0.1, 0.15) is 0 Å². The standard InChI is InChI=1S/C47H33N3/c48-34-37-25-30-43(31-26-37)49(40-17-9-3-10-18-40)42-28-23-35(24-29-42)21-22-36-27-32-44-45(33-36)50(41-19-11-4-12-20-41)47(39-15-7-2-8-16-39)46(44)38-13-5-1-6-14-38/h1-33H/b22-21+. The summed E-state index contributed by atoms with van der Waals surface area (Å²) in [5, 5.41) is 10.5. The van der Waals surface area contributed by atoms with Crippen LogP contribution in [0.25, 0.3) is 51.1 Å². The van der Waals surface area contributed by atoms with Crippen molar-refractivity contribution in [1.29, 1.82) is 5.26 Å². The van der Waals surface area contributed by atoms with Crippen LogP contribution in [0.5, 0.6) is 0 Å². The summed E-state index contributed by atoms with van der Waals surface area (Å²) < 4.78 is 2.40. The molecule has 0 unspecified atom stereocenters. The molecule has 0 radical (unpaired) electrons. The van der Waals surface area contributed by atoms with E-state index in [9.17, 15) is 5.26 Å². The molecule has 1 heterocycles. The van der Waals surface area contributed by atoms with E-state index in [1.165, 1.54) is 27.8 Å². The Balaban J connectivity index is 1.19. The van der Waals surface area contributed by atoms with E-state index in [1.54, 1.807) is 0 Å². The Morgan fingerprint density at radius 2 is 0.980 bits per heavy atom. The summed E-state index contributed by atoms with van der Waals surface area (Å²) in [6, 6.07) is 67.6. The zero-order valence-corrected chi connectivity index (χ0v) is 27.4. The fourth-order valence-electron chi connectivity index (χ4n) is 6.66. The molecule has 3 nitrogen and oxygen atoms in total. The molecule has 50 heavy (non-hydrogen) atoms. The predicted molar refractivity (Wildman–Crippen MR) is 209 cm³/mol. The Morgan fingerprint density at radius 1 is 0.480 bits per heavy atom. The number of para-hydroxylation sites is 2. The van der Waals surface area contributed by atoms with Crippen molar-refractivity contribution in [3.63, 3.8) is 0 Å². The molecule has 0 fully saturated rings. The number of hydrogen-bond donors (Lipinski definition) is 0. The van der Waals surface area contributed by atoms with Crippen LogP contribution in [0.15, 0.2) is 188 Å². The zero-order chi connectivity index (χ0) is 33.7. The van der Waals surface area contributed by atoms with E-state index in [0.29, 0.717) is 5.56 Å². The molecule has 8 rings (SSSR count). The Labute approximate surface area is 292 Å². The van der Waals surface area contributed by atoms with E-state index in [1.807, 2.05) is 42.5 Å². The van der Waals surface area contributed by atoms with E-state index >= 15 is 0 Å². The first kappa shape index (κ1) is 30.4. The van der Waals surface area contributed by atoms with Gasteiger partial charge in [0.15, 0.2) is 0 Å². The van der Waals surface area contributed by atoms with Gasteiger partial charge < -0.3 is 9.47 Å². The average molecular weight is 640 g/mol. The second-order valence-corrected chi connectivity index (χ2v) is 12.2. The molecule has 8 aromatic rings. The lowest BCUT2D eigenvalue weighted by molar-refractivity contribution is 1.13. The topological polar surface area (TPSA) is 32.0 Å². The van der Waals surface area contributed by atoms with Crippen molar-refractivity contribution in [2.45, 2.75) is 0 Å². The second kappa shape index (κ2) is 13.7. The van der Waals surface area contributed by atoms with Gasteiger partial charge in [0.25, 0.3) is 0 Å². The van der Waals surface area contributed by atoms with Crippen molar-refractivity contribution in [2.24, 2.45) is 0 Å². The van der Waals surface area contributed by atoms with Crippen LogP contribution in [0, 0.1) is 11.3 Å². The van der Waals surface area contributed by atoms with Crippen LogP contribution in [0.4, 0.5) is 17.1 Å². The van der Waals surface area contributed by atoms with E-state index in [2.05, 4.69) is 173 Å². The summed E-state index contributed by atoms with van der Waals surface area (Å²) in [6.07, 6.45) is 4.36. The summed E-state index contributed by atoms with van der Waals surface area (Å²) in [5.74, 6) is 0. The highest BCUT2D eigenvalue weighted by Crippen LogP contribution is 2.43. The lowest BCUT2D eigenvalue weighted by atomic mass is 9.98. The van der Waals surface area contributed by atoms with Gasteiger partial charge >= 0.3 is 0 Å². The summed E-state index contributed by atoms with van der Waals surface area (Å²) in [5.41, 5.74) is 13.0. The van der Waals surface area contributed by atoms with Gasteiger partial charge in [0.2, 0.25) is 0 Å². The fourth-order valence-corrected chi connectivity index (χ4v) is 6.66. The minimum atomic E-state index is 0.643. The largest absolute Gasteiger partial charge is 0.311 e. The van der Waals surface area contributed by atoms with Crippen molar-refractivity contribution < 1.29 is 0 Å². The first-order valence-corrected chi connectivity index (χ1v) is 16.7. The van der Waals surface area contributed by atoms with Crippen molar-refractivity contribution in [3.8, 4) is 34.1 Å². The van der Waals surface area contributed by atoms with Gasteiger partial charge in [-0.25, -0.2) is 0 Å². The molecule has 0 N–H and O–H groups in total. The minimum Gasteiger partial charge on any atom is -0.311 e. The quantitative estimate of drug-likeness (QED) is 0.155. The molecule has 0 amide bonds. The third-order valence-corrected chi connectivity index (χ3v) is 9.01. The van der Waals surface area contributed by atoms with Gasteiger partial charge in [-0.3, -0.25) is 0 Å². The highest BCUT2D eigenvalue weighted by molar-refractivity contribution is 6.06. The second-order valence-electron chi connectivity index (χ2n) is 12.2. The molecular weight excluding hydrogens is 607 g/mol. The lowest BCUT2D eigenvalue weighted by Crippen LogP contribution is -2.09. The van der Waals surface area contributed by atoms with Gasteiger partial charge in [-0.05, 0) is 89.0 Å². The van der Waals surface area contributed by atoms with Gasteiger partial charge in [0, 0.05) is 33.7 Å². The third kappa shape index (κ3) is 5.99. The first-order valence-electron chi connectivity index (χ1n) is 16.7. The number of hydrogen-bond acceptors (Lipinski definition) is 2. The maximum absolute atomic E-state index is 9.32. The molecule has 0 atom stereocenters. The number of aromatic nitrogens is 1. The molecule has 0 saturated carbocycles. The SMILES string of the molecule is N#Cc1ccc(N(c2ccccc2)c2ccc(/C=C/c3ccc4c(-c5ccccc5)c(-c5ccccc5)n(-c5ccccc5)c4c3)cc2)cc1. The first-order chi connectivity index (χ1) is 24.8. The molecule has 0 bridgehead atoms. The fraction of sp³-hybridized carbons (Fsp3) is 0. The monoisotopic (exact) mass is 639 g/mol.